The first-order valence-electron chi connectivity index (χ1n) is 11.1. The highest BCUT2D eigenvalue weighted by molar-refractivity contribution is 7.88. The Labute approximate surface area is 208 Å². The van der Waals surface area contributed by atoms with Gasteiger partial charge in [0.1, 0.15) is 29.0 Å². The summed E-state index contributed by atoms with van der Waals surface area (Å²) in [4.78, 5) is 8.52. The third-order valence-electron chi connectivity index (χ3n) is 5.94. The van der Waals surface area contributed by atoms with Gasteiger partial charge in [-0.3, -0.25) is 5.10 Å². The smallest absolute Gasteiger partial charge is 0.326 e. The lowest BCUT2D eigenvalue weighted by molar-refractivity contribution is 0.331. The fraction of sp³-hybridized carbons (Fsp3) is 0.261. The predicted octanol–water partition coefficient (Wildman–Crippen LogP) is 4.20. The van der Waals surface area contributed by atoms with E-state index in [4.69, 9.17) is 4.74 Å². The molecule has 1 saturated heterocycles. The molecule has 9 nitrogen and oxygen atoms in total. The van der Waals surface area contributed by atoms with Crippen LogP contribution in [0.15, 0.2) is 36.4 Å². The zero-order valence-electron chi connectivity index (χ0n) is 19.3. The molecule has 1 aliphatic heterocycles. The van der Waals surface area contributed by atoms with Gasteiger partial charge in [0, 0.05) is 36.8 Å². The molecule has 0 radical (unpaired) electrons. The number of aromatic nitrogens is 4. The van der Waals surface area contributed by atoms with Gasteiger partial charge in [-0.15, -0.1) is 0 Å². The minimum atomic E-state index is -3.34. The van der Waals surface area contributed by atoms with Crippen molar-refractivity contribution in [3.8, 4) is 23.0 Å². The van der Waals surface area contributed by atoms with E-state index in [1.165, 1.54) is 10.4 Å². The second-order valence-corrected chi connectivity index (χ2v) is 10.5. The molecule has 0 aliphatic carbocycles. The Morgan fingerprint density at radius 1 is 1.00 bits per heavy atom. The van der Waals surface area contributed by atoms with Gasteiger partial charge in [0.2, 0.25) is 10.0 Å². The molecule has 14 heteroatoms. The molecule has 0 bridgehead atoms. The van der Waals surface area contributed by atoms with Crippen LogP contribution in [-0.4, -0.2) is 58.3 Å². The van der Waals surface area contributed by atoms with Crippen LogP contribution >= 0.6 is 0 Å². The molecule has 1 fully saturated rings. The van der Waals surface area contributed by atoms with E-state index in [9.17, 15) is 26.0 Å². The molecule has 3 heterocycles. The van der Waals surface area contributed by atoms with E-state index in [0.717, 1.165) is 30.5 Å². The van der Waals surface area contributed by atoms with Crippen molar-refractivity contribution in [2.45, 2.75) is 18.9 Å². The molecule has 0 saturated carbocycles. The number of piperidine rings is 1. The summed E-state index contributed by atoms with van der Waals surface area (Å²) in [5.41, 5.74) is 0.204. The number of H-pyrrole nitrogens is 1. The van der Waals surface area contributed by atoms with Gasteiger partial charge in [-0.25, -0.2) is 30.3 Å². The summed E-state index contributed by atoms with van der Waals surface area (Å²) >= 11 is 0. The van der Waals surface area contributed by atoms with Gasteiger partial charge in [-0.2, -0.15) is 15.1 Å². The van der Waals surface area contributed by atoms with E-state index >= 15 is 0 Å². The first-order chi connectivity index (χ1) is 17.6. The number of benzene rings is 2. The average Bonchev–Trinajstić information content (AvgIpc) is 3.25. The van der Waals surface area contributed by atoms with E-state index in [-0.39, 0.29) is 59.0 Å². The zero-order chi connectivity index (χ0) is 26.3. The van der Waals surface area contributed by atoms with Crippen LogP contribution in [0.1, 0.15) is 12.8 Å². The van der Waals surface area contributed by atoms with Crippen molar-refractivity contribution >= 4 is 26.9 Å². The molecule has 2 N–H and O–H groups in total. The summed E-state index contributed by atoms with van der Waals surface area (Å²) in [5.74, 6) is -3.53. The topological polar surface area (TPSA) is 113 Å². The van der Waals surface area contributed by atoms with E-state index in [0.29, 0.717) is 18.9 Å². The largest absolute Gasteiger partial charge is 0.421 e. The number of nitrogens with zero attached hydrogens (tertiary/aromatic N) is 4. The highest BCUT2D eigenvalue weighted by atomic mass is 32.2. The first-order valence-corrected chi connectivity index (χ1v) is 13.0. The van der Waals surface area contributed by atoms with Crippen LogP contribution in [0.3, 0.4) is 0 Å². The Kier molecular flexibility index (Phi) is 6.45. The van der Waals surface area contributed by atoms with Crippen molar-refractivity contribution < 1.29 is 30.7 Å². The predicted molar refractivity (Wildman–Crippen MR) is 127 cm³/mol. The summed E-state index contributed by atoms with van der Waals surface area (Å²) in [6.07, 6.45) is 2.03. The monoisotopic (exact) mass is 536 g/mol. The highest BCUT2D eigenvalue weighted by Crippen LogP contribution is 2.35. The molecule has 0 atom stereocenters. The molecule has 4 aromatic rings. The van der Waals surface area contributed by atoms with Crippen molar-refractivity contribution in [1.82, 2.24) is 24.5 Å². The van der Waals surface area contributed by atoms with Crippen LogP contribution in [0.2, 0.25) is 0 Å². The quantitative estimate of drug-likeness (QED) is 0.355. The first kappa shape index (κ1) is 24.9. The lowest BCUT2D eigenvalue weighted by Gasteiger charge is -2.31. The minimum absolute atomic E-state index is 0.00977. The molecule has 194 valence electrons. The molecule has 2 aromatic carbocycles. The Morgan fingerprint density at radius 2 is 1.68 bits per heavy atom. The van der Waals surface area contributed by atoms with Crippen LogP contribution < -0.4 is 10.1 Å². The number of anilines is 1. The molecule has 1 aliphatic rings. The Bertz CT molecular complexity index is 1590. The maximum atomic E-state index is 14.6. The van der Waals surface area contributed by atoms with Crippen molar-refractivity contribution in [2.75, 3.05) is 24.7 Å². The van der Waals surface area contributed by atoms with Gasteiger partial charge in [0.25, 0.3) is 0 Å². The maximum absolute atomic E-state index is 14.6. The molecule has 5 rings (SSSR count). The normalized spacial score (nSPS) is 15.3. The fourth-order valence-corrected chi connectivity index (χ4v) is 4.99. The van der Waals surface area contributed by atoms with E-state index in [2.05, 4.69) is 25.5 Å². The second kappa shape index (κ2) is 9.59. The standard InChI is InChI=1S/C23H20F4N6O3S/c1-37(34,35)33-8-6-14(7-9-33)28-21-19-20(15-4-2-12(24)10-16(15)26)31-32-22(19)30-23(29-21)36-18-5-3-13(25)11-17(18)27/h2-5,10-11,14H,6-9H2,1H3,(H2,28,29,30,31,32). The summed E-state index contributed by atoms with van der Waals surface area (Å²) in [5, 5.41) is 10.3. The van der Waals surface area contributed by atoms with Crippen LogP contribution in [0.4, 0.5) is 23.4 Å². The van der Waals surface area contributed by atoms with Crippen LogP contribution in [0.25, 0.3) is 22.3 Å². The number of fused-ring (bicyclic) bond motifs is 1. The van der Waals surface area contributed by atoms with Gasteiger partial charge < -0.3 is 10.1 Å². The SMILES string of the molecule is CS(=O)(=O)N1CCC(Nc2nc(Oc3ccc(F)cc3F)nc3[nH]nc(-c4ccc(F)cc4F)c23)CC1. The number of aromatic amines is 1. The zero-order valence-corrected chi connectivity index (χ0v) is 20.1. The molecule has 2 aromatic heterocycles. The molecule has 0 spiro atoms. The molecule has 37 heavy (non-hydrogen) atoms. The Balaban J connectivity index is 1.55. The number of ether oxygens (including phenoxy) is 1. The summed E-state index contributed by atoms with van der Waals surface area (Å²) in [6, 6.07) is 5.25. The van der Waals surface area contributed by atoms with E-state index < -0.39 is 33.3 Å². The average molecular weight is 537 g/mol. The third kappa shape index (κ3) is 5.20. The Hall–Kier alpha value is -3.78. The number of halogens is 4. The van der Waals surface area contributed by atoms with Crippen molar-refractivity contribution in [3.63, 3.8) is 0 Å². The lowest BCUT2D eigenvalue weighted by Crippen LogP contribution is -2.41. The number of rotatable bonds is 6. The van der Waals surface area contributed by atoms with Crippen LogP contribution in [0.5, 0.6) is 11.8 Å². The third-order valence-corrected chi connectivity index (χ3v) is 7.25. The van der Waals surface area contributed by atoms with Crippen molar-refractivity contribution in [3.05, 3.63) is 59.7 Å². The summed E-state index contributed by atoms with van der Waals surface area (Å²) in [7, 11) is -3.34. The minimum Gasteiger partial charge on any atom is -0.421 e. The van der Waals surface area contributed by atoms with E-state index in [1.54, 1.807) is 0 Å². The molecular formula is C23H20F4N6O3S. The van der Waals surface area contributed by atoms with Gasteiger partial charge in [-0.05, 0) is 37.1 Å². The van der Waals surface area contributed by atoms with Gasteiger partial charge in [0.05, 0.1) is 11.6 Å². The summed E-state index contributed by atoms with van der Waals surface area (Å²) in [6.45, 7) is 0.555. The number of hydrogen-bond donors (Lipinski definition) is 2. The van der Waals surface area contributed by atoms with Crippen molar-refractivity contribution in [1.29, 1.82) is 0 Å². The number of nitrogens with one attached hydrogen (secondary N) is 2. The molecule has 0 unspecified atom stereocenters. The molecular weight excluding hydrogens is 516 g/mol. The Morgan fingerprint density at radius 3 is 2.32 bits per heavy atom. The number of sulfonamides is 1. The fourth-order valence-electron chi connectivity index (χ4n) is 4.12. The van der Waals surface area contributed by atoms with Crippen molar-refractivity contribution in [2.24, 2.45) is 0 Å². The van der Waals surface area contributed by atoms with Crippen LogP contribution in [-0.2, 0) is 10.0 Å². The summed E-state index contributed by atoms with van der Waals surface area (Å²) < 4.78 is 86.1. The maximum Gasteiger partial charge on any atom is 0.326 e. The van der Waals surface area contributed by atoms with E-state index in [1.807, 2.05) is 0 Å². The molecule has 0 amide bonds. The van der Waals surface area contributed by atoms with Gasteiger partial charge >= 0.3 is 6.01 Å². The lowest BCUT2D eigenvalue weighted by atomic mass is 10.1. The second-order valence-electron chi connectivity index (χ2n) is 8.53. The number of hydrogen-bond acceptors (Lipinski definition) is 7. The van der Waals surface area contributed by atoms with Gasteiger partial charge in [0.15, 0.2) is 17.2 Å². The van der Waals surface area contributed by atoms with Crippen LogP contribution in [0, 0.1) is 23.3 Å². The van der Waals surface area contributed by atoms with Gasteiger partial charge in [-0.1, -0.05) is 0 Å². The highest BCUT2D eigenvalue weighted by Gasteiger charge is 2.27.